The second-order valence-electron chi connectivity index (χ2n) is 9.42. The first-order valence-electron chi connectivity index (χ1n) is 11.9. The normalized spacial score (nSPS) is 17.1. The van der Waals surface area contributed by atoms with Crippen LogP contribution in [0, 0.1) is 13.8 Å². The summed E-state index contributed by atoms with van der Waals surface area (Å²) in [4.78, 5) is 19.1. The van der Waals surface area contributed by atoms with Crippen LogP contribution in [0.2, 0.25) is 0 Å². The highest BCUT2D eigenvalue weighted by molar-refractivity contribution is 5.83. The predicted octanol–water partition coefficient (Wildman–Crippen LogP) is 4.40. The number of benzene rings is 2. The average molecular weight is 441 g/mol. The van der Waals surface area contributed by atoms with Crippen LogP contribution in [-0.4, -0.2) is 31.7 Å². The zero-order valence-electron chi connectivity index (χ0n) is 19.1. The van der Waals surface area contributed by atoms with E-state index in [0.717, 1.165) is 53.8 Å². The van der Waals surface area contributed by atoms with Crippen LogP contribution in [0.25, 0.3) is 10.9 Å². The van der Waals surface area contributed by atoms with Crippen LogP contribution in [-0.2, 0) is 6.42 Å². The number of pyridine rings is 1. The minimum absolute atomic E-state index is 0.0773. The first kappa shape index (κ1) is 20.1. The average Bonchev–Trinajstić information content (AvgIpc) is 3.59. The number of para-hydroxylation sites is 1. The second kappa shape index (κ2) is 7.83. The van der Waals surface area contributed by atoms with Crippen molar-refractivity contribution in [3.8, 4) is 0 Å². The van der Waals surface area contributed by atoms with Gasteiger partial charge in [-0.2, -0.15) is 0 Å². The molecule has 33 heavy (non-hydrogen) atoms. The molecule has 7 nitrogen and oxygen atoms in total. The van der Waals surface area contributed by atoms with Crippen LogP contribution in [0.1, 0.15) is 65.8 Å². The summed E-state index contributed by atoms with van der Waals surface area (Å²) in [6.45, 7) is 4.95. The number of H-pyrrole nitrogens is 1. The van der Waals surface area contributed by atoms with Gasteiger partial charge < -0.3 is 9.88 Å². The van der Waals surface area contributed by atoms with E-state index >= 15 is 0 Å². The van der Waals surface area contributed by atoms with Crippen molar-refractivity contribution in [2.45, 2.75) is 58.0 Å². The molecule has 1 aliphatic heterocycles. The molecule has 2 aromatic carbocycles. The van der Waals surface area contributed by atoms with Crippen LogP contribution in [0.4, 0.5) is 5.69 Å². The van der Waals surface area contributed by atoms with Gasteiger partial charge in [-0.05, 0) is 77.7 Å². The number of hydrogen-bond donors (Lipinski definition) is 1. The lowest BCUT2D eigenvalue weighted by Gasteiger charge is -2.30. The number of anilines is 1. The van der Waals surface area contributed by atoms with Gasteiger partial charge in [-0.15, -0.1) is 5.10 Å². The molecule has 1 aliphatic carbocycles. The van der Waals surface area contributed by atoms with Gasteiger partial charge in [0.25, 0.3) is 5.56 Å². The van der Waals surface area contributed by atoms with E-state index in [4.69, 9.17) is 0 Å². The number of nitrogens with zero attached hydrogens (tertiary/aromatic N) is 5. The Balaban J connectivity index is 1.57. The van der Waals surface area contributed by atoms with Crippen molar-refractivity contribution in [3.63, 3.8) is 0 Å². The number of rotatable bonds is 4. The summed E-state index contributed by atoms with van der Waals surface area (Å²) >= 11 is 0. The molecular weight excluding hydrogens is 412 g/mol. The van der Waals surface area contributed by atoms with E-state index in [2.05, 4.69) is 75.7 Å². The van der Waals surface area contributed by atoms with E-state index in [1.54, 1.807) is 0 Å². The summed E-state index contributed by atoms with van der Waals surface area (Å²) < 4.78 is 1.99. The van der Waals surface area contributed by atoms with Gasteiger partial charge in [-0.25, -0.2) is 4.68 Å². The Hall–Kier alpha value is -3.48. The number of nitrogens with one attached hydrogen (secondary N) is 1. The molecule has 168 valence electrons. The molecule has 0 amide bonds. The van der Waals surface area contributed by atoms with Crippen LogP contribution in [0.15, 0.2) is 47.3 Å². The first-order valence-corrected chi connectivity index (χ1v) is 11.9. The highest BCUT2D eigenvalue weighted by atomic mass is 16.1. The zero-order chi connectivity index (χ0) is 22.5. The van der Waals surface area contributed by atoms with Crippen molar-refractivity contribution >= 4 is 16.6 Å². The molecule has 2 aliphatic rings. The minimum atomic E-state index is -0.348. The maximum Gasteiger partial charge on any atom is 0.254 e. The molecule has 0 radical (unpaired) electrons. The van der Waals surface area contributed by atoms with Crippen LogP contribution < -0.4 is 10.5 Å². The van der Waals surface area contributed by atoms with Crippen molar-refractivity contribution in [3.05, 3.63) is 80.9 Å². The summed E-state index contributed by atoms with van der Waals surface area (Å²) in [6.07, 6.45) is 5.48. The molecule has 6 rings (SSSR count). The third-order valence-electron chi connectivity index (χ3n) is 7.54. The number of hydrogen-bond acceptors (Lipinski definition) is 5. The fourth-order valence-electron chi connectivity index (χ4n) is 5.61. The first-order chi connectivity index (χ1) is 16.1. The Labute approximate surface area is 192 Å². The monoisotopic (exact) mass is 440 g/mol. The van der Waals surface area contributed by atoms with Gasteiger partial charge in [0, 0.05) is 17.8 Å². The molecule has 0 unspecified atom stereocenters. The molecule has 0 spiro atoms. The second-order valence-corrected chi connectivity index (χ2v) is 9.42. The summed E-state index contributed by atoms with van der Waals surface area (Å²) in [6, 6.07) is 14.6. The lowest BCUT2D eigenvalue weighted by atomic mass is 10.00. The van der Waals surface area contributed by atoms with E-state index in [0.29, 0.717) is 11.6 Å². The Morgan fingerprint density at radius 1 is 1.09 bits per heavy atom. The summed E-state index contributed by atoms with van der Waals surface area (Å²) in [5, 5.41) is 14.0. The molecule has 7 heteroatoms. The standard InChI is InChI=1S/C26H28N6O/c1-16-11-12-19-15-21(26(33)27-23(19)17(16)2)24(31-14-13-18-7-3-6-10-22(18)31)25-28-29-30-32(25)20-8-4-5-9-20/h3,6-7,10-12,15,20,24H,4-5,8-9,13-14H2,1-2H3,(H,27,33)/t24-/m0/s1. The van der Waals surface area contributed by atoms with Crippen molar-refractivity contribution in [1.82, 2.24) is 25.2 Å². The molecule has 1 fully saturated rings. The molecule has 3 heterocycles. The van der Waals surface area contributed by atoms with Gasteiger partial charge >= 0.3 is 0 Å². The number of aryl methyl sites for hydroxylation is 2. The highest BCUT2D eigenvalue weighted by Crippen LogP contribution is 2.39. The lowest BCUT2D eigenvalue weighted by molar-refractivity contribution is 0.428. The third kappa shape index (κ3) is 3.25. The smallest absolute Gasteiger partial charge is 0.254 e. The van der Waals surface area contributed by atoms with Gasteiger partial charge in [-0.1, -0.05) is 43.2 Å². The SMILES string of the molecule is Cc1ccc2cc([C@@H](c3nnnn3C3CCCC3)N3CCc4ccccc43)c(=O)[nH]c2c1C. The Morgan fingerprint density at radius 2 is 1.91 bits per heavy atom. The van der Waals surface area contributed by atoms with Gasteiger partial charge in [0.1, 0.15) is 6.04 Å². The molecule has 4 aromatic rings. The molecule has 2 aromatic heterocycles. The molecule has 1 atom stereocenters. The van der Waals surface area contributed by atoms with E-state index in [9.17, 15) is 4.79 Å². The number of aromatic nitrogens is 5. The highest BCUT2D eigenvalue weighted by Gasteiger charge is 2.36. The quantitative estimate of drug-likeness (QED) is 0.509. The van der Waals surface area contributed by atoms with Gasteiger partial charge in [0.15, 0.2) is 5.82 Å². The van der Waals surface area contributed by atoms with Crippen molar-refractivity contribution < 1.29 is 0 Å². The van der Waals surface area contributed by atoms with E-state index in [-0.39, 0.29) is 11.6 Å². The summed E-state index contributed by atoms with van der Waals surface area (Å²) in [7, 11) is 0. The van der Waals surface area contributed by atoms with Crippen molar-refractivity contribution in [2.75, 3.05) is 11.4 Å². The lowest BCUT2D eigenvalue weighted by Crippen LogP contribution is -2.34. The third-order valence-corrected chi connectivity index (χ3v) is 7.54. The number of fused-ring (bicyclic) bond motifs is 2. The maximum atomic E-state index is 13.6. The number of tetrazole rings is 1. The van der Waals surface area contributed by atoms with E-state index in [1.807, 2.05) is 10.7 Å². The van der Waals surface area contributed by atoms with Crippen molar-refractivity contribution in [1.29, 1.82) is 0 Å². The fourth-order valence-corrected chi connectivity index (χ4v) is 5.61. The van der Waals surface area contributed by atoms with Gasteiger partial charge in [0.2, 0.25) is 0 Å². The van der Waals surface area contributed by atoms with E-state index < -0.39 is 0 Å². The Morgan fingerprint density at radius 3 is 2.76 bits per heavy atom. The minimum Gasteiger partial charge on any atom is -0.357 e. The van der Waals surface area contributed by atoms with E-state index in [1.165, 1.54) is 24.0 Å². The maximum absolute atomic E-state index is 13.6. The van der Waals surface area contributed by atoms with Crippen LogP contribution >= 0.6 is 0 Å². The Kier molecular flexibility index (Phi) is 4.78. The summed E-state index contributed by atoms with van der Waals surface area (Å²) in [5.41, 5.74) is 6.24. The number of aromatic amines is 1. The molecule has 1 saturated carbocycles. The van der Waals surface area contributed by atoms with Crippen LogP contribution in [0.3, 0.4) is 0 Å². The van der Waals surface area contributed by atoms with Gasteiger partial charge in [0.05, 0.1) is 11.6 Å². The van der Waals surface area contributed by atoms with Crippen molar-refractivity contribution in [2.24, 2.45) is 0 Å². The molecular formula is C26H28N6O. The molecule has 1 N–H and O–H groups in total. The molecule has 0 saturated heterocycles. The van der Waals surface area contributed by atoms with Crippen LogP contribution in [0.5, 0.6) is 0 Å². The molecule has 0 bridgehead atoms. The zero-order valence-corrected chi connectivity index (χ0v) is 19.1. The fraction of sp³-hybridized carbons (Fsp3) is 0.385. The largest absolute Gasteiger partial charge is 0.357 e. The topological polar surface area (TPSA) is 79.7 Å². The summed E-state index contributed by atoms with van der Waals surface area (Å²) in [5.74, 6) is 0.757. The Bertz CT molecular complexity index is 1400. The van der Waals surface area contributed by atoms with Gasteiger partial charge in [-0.3, -0.25) is 4.79 Å². The predicted molar refractivity (Wildman–Crippen MR) is 129 cm³/mol.